The Morgan fingerprint density at radius 2 is 1.77 bits per heavy atom. The van der Waals surface area contributed by atoms with E-state index in [0.29, 0.717) is 23.7 Å². The van der Waals surface area contributed by atoms with Crippen LogP contribution in [0.15, 0.2) is 61.1 Å². The van der Waals surface area contributed by atoms with Gasteiger partial charge in [-0.25, -0.2) is 4.98 Å². The average molecular weight is 424 g/mol. The molecule has 158 valence electrons. The summed E-state index contributed by atoms with van der Waals surface area (Å²) in [6.07, 6.45) is 0.525. The van der Waals surface area contributed by atoms with Crippen LogP contribution in [-0.2, 0) is 12.7 Å². The zero-order valence-corrected chi connectivity index (χ0v) is 16.9. The molecule has 0 saturated carbocycles. The molecule has 0 fully saturated rings. The van der Waals surface area contributed by atoms with E-state index in [2.05, 4.69) is 25.4 Å². The van der Waals surface area contributed by atoms with Crippen LogP contribution in [0, 0.1) is 13.8 Å². The Hall–Kier alpha value is -3.75. The van der Waals surface area contributed by atoms with E-state index in [-0.39, 0.29) is 0 Å². The summed E-state index contributed by atoms with van der Waals surface area (Å²) < 4.78 is 40.1. The maximum atomic E-state index is 12.7. The molecule has 0 atom stereocenters. The third kappa shape index (κ3) is 4.55. The van der Waals surface area contributed by atoms with Crippen LogP contribution >= 0.6 is 0 Å². The van der Waals surface area contributed by atoms with Crippen molar-refractivity contribution in [3.8, 4) is 11.3 Å². The SMILES string of the molecule is Cc1nn(Cc2ccccn2)c(C)c1-c1cncc(Nc2ccc(C(F)(F)F)cc2)n1. The van der Waals surface area contributed by atoms with Gasteiger partial charge >= 0.3 is 6.18 Å². The van der Waals surface area contributed by atoms with Crippen LogP contribution < -0.4 is 5.32 Å². The van der Waals surface area contributed by atoms with Crippen molar-refractivity contribution in [1.82, 2.24) is 24.7 Å². The highest BCUT2D eigenvalue weighted by molar-refractivity contribution is 5.66. The van der Waals surface area contributed by atoms with Crippen molar-refractivity contribution in [2.75, 3.05) is 5.32 Å². The Morgan fingerprint density at radius 3 is 2.45 bits per heavy atom. The van der Waals surface area contributed by atoms with Gasteiger partial charge in [0.1, 0.15) is 5.82 Å². The van der Waals surface area contributed by atoms with Gasteiger partial charge in [0.25, 0.3) is 0 Å². The maximum Gasteiger partial charge on any atom is 0.416 e. The van der Waals surface area contributed by atoms with E-state index in [9.17, 15) is 13.2 Å². The molecule has 4 aromatic rings. The fourth-order valence-electron chi connectivity index (χ4n) is 3.30. The topological polar surface area (TPSA) is 68.5 Å². The first-order chi connectivity index (χ1) is 14.8. The summed E-state index contributed by atoms with van der Waals surface area (Å²) in [5.41, 5.74) is 3.88. The minimum atomic E-state index is -4.37. The molecule has 0 bridgehead atoms. The lowest BCUT2D eigenvalue weighted by Gasteiger charge is -2.10. The molecule has 0 aliphatic rings. The number of alkyl halides is 3. The molecule has 6 nitrogen and oxygen atoms in total. The molecule has 0 saturated heterocycles. The van der Waals surface area contributed by atoms with E-state index < -0.39 is 11.7 Å². The lowest BCUT2D eigenvalue weighted by Crippen LogP contribution is -2.05. The minimum Gasteiger partial charge on any atom is -0.339 e. The predicted molar refractivity (Wildman–Crippen MR) is 111 cm³/mol. The van der Waals surface area contributed by atoms with Crippen LogP contribution in [0.3, 0.4) is 0 Å². The van der Waals surface area contributed by atoms with Crippen molar-refractivity contribution in [3.63, 3.8) is 0 Å². The Bertz CT molecular complexity index is 1180. The first-order valence-corrected chi connectivity index (χ1v) is 9.52. The second-order valence-corrected chi connectivity index (χ2v) is 7.01. The highest BCUT2D eigenvalue weighted by Gasteiger charge is 2.29. The average Bonchev–Trinajstić information content (AvgIpc) is 3.01. The summed E-state index contributed by atoms with van der Waals surface area (Å²) in [4.78, 5) is 13.2. The van der Waals surface area contributed by atoms with E-state index in [1.165, 1.54) is 18.3 Å². The number of pyridine rings is 1. The van der Waals surface area contributed by atoms with Gasteiger partial charge in [0, 0.05) is 23.1 Å². The fourth-order valence-corrected chi connectivity index (χ4v) is 3.30. The van der Waals surface area contributed by atoms with E-state index in [1.807, 2.05) is 36.7 Å². The smallest absolute Gasteiger partial charge is 0.339 e. The third-order valence-corrected chi connectivity index (χ3v) is 4.79. The van der Waals surface area contributed by atoms with Crippen molar-refractivity contribution in [2.24, 2.45) is 0 Å². The van der Waals surface area contributed by atoms with Gasteiger partial charge in [0.15, 0.2) is 0 Å². The number of nitrogens with zero attached hydrogens (tertiary/aromatic N) is 5. The number of aryl methyl sites for hydroxylation is 1. The van der Waals surface area contributed by atoms with Gasteiger partial charge in [-0.2, -0.15) is 18.3 Å². The largest absolute Gasteiger partial charge is 0.416 e. The number of hydrogen-bond acceptors (Lipinski definition) is 5. The lowest BCUT2D eigenvalue weighted by molar-refractivity contribution is -0.137. The molecule has 0 amide bonds. The van der Waals surface area contributed by atoms with Crippen LogP contribution in [0.4, 0.5) is 24.7 Å². The summed E-state index contributed by atoms with van der Waals surface area (Å²) in [6, 6.07) is 10.5. The van der Waals surface area contributed by atoms with E-state index >= 15 is 0 Å². The van der Waals surface area contributed by atoms with Gasteiger partial charge < -0.3 is 5.32 Å². The van der Waals surface area contributed by atoms with Crippen LogP contribution in [0.2, 0.25) is 0 Å². The summed E-state index contributed by atoms with van der Waals surface area (Å²) in [7, 11) is 0. The van der Waals surface area contributed by atoms with Crippen molar-refractivity contribution in [3.05, 3.63) is 83.7 Å². The first-order valence-electron chi connectivity index (χ1n) is 9.52. The Morgan fingerprint density at radius 1 is 1.00 bits per heavy atom. The number of rotatable bonds is 5. The zero-order valence-electron chi connectivity index (χ0n) is 16.9. The fraction of sp³-hybridized carbons (Fsp3) is 0.182. The molecule has 1 aromatic carbocycles. The molecule has 0 radical (unpaired) electrons. The molecule has 31 heavy (non-hydrogen) atoms. The van der Waals surface area contributed by atoms with Gasteiger partial charge in [-0.05, 0) is 50.2 Å². The lowest BCUT2D eigenvalue weighted by atomic mass is 10.1. The number of benzene rings is 1. The van der Waals surface area contributed by atoms with Gasteiger partial charge in [-0.3, -0.25) is 14.6 Å². The number of anilines is 2. The van der Waals surface area contributed by atoms with Crippen molar-refractivity contribution in [1.29, 1.82) is 0 Å². The highest BCUT2D eigenvalue weighted by Crippen LogP contribution is 2.31. The van der Waals surface area contributed by atoms with Gasteiger partial charge in [-0.15, -0.1) is 0 Å². The van der Waals surface area contributed by atoms with Gasteiger partial charge in [0.2, 0.25) is 0 Å². The molecule has 0 unspecified atom stereocenters. The second-order valence-electron chi connectivity index (χ2n) is 7.01. The van der Waals surface area contributed by atoms with Crippen molar-refractivity contribution >= 4 is 11.5 Å². The predicted octanol–water partition coefficient (Wildman–Crippen LogP) is 5.16. The molecular formula is C22H19F3N6. The highest BCUT2D eigenvalue weighted by atomic mass is 19.4. The molecule has 0 spiro atoms. The summed E-state index contributed by atoms with van der Waals surface area (Å²) in [6.45, 7) is 4.38. The summed E-state index contributed by atoms with van der Waals surface area (Å²) in [5, 5.41) is 7.61. The maximum absolute atomic E-state index is 12.7. The normalized spacial score (nSPS) is 11.5. The zero-order chi connectivity index (χ0) is 22.0. The first kappa shape index (κ1) is 20.5. The number of aromatic nitrogens is 5. The van der Waals surface area contributed by atoms with Gasteiger partial charge in [-0.1, -0.05) is 6.07 Å². The Kier molecular flexibility index (Phi) is 5.41. The van der Waals surface area contributed by atoms with Crippen molar-refractivity contribution < 1.29 is 13.2 Å². The Labute approximate surface area is 176 Å². The standard InChI is InChI=1S/C22H19F3N6/c1-14-21(15(2)31(30-14)13-18-5-3-4-10-27-18)19-11-26-12-20(29-19)28-17-8-6-16(7-9-17)22(23,24)25/h3-12H,13H2,1-2H3,(H,28,29). The molecule has 3 aromatic heterocycles. The van der Waals surface area contributed by atoms with E-state index in [1.54, 1.807) is 12.4 Å². The summed E-state index contributed by atoms with van der Waals surface area (Å²) in [5.74, 6) is 0.425. The monoisotopic (exact) mass is 424 g/mol. The molecule has 4 rings (SSSR count). The molecular weight excluding hydrogens is 405 g/mol. The third-order valence-electron chi connectivity index (χ3n) is 4.79. The molecule has 0 aliphatic heterocycles. The van der Waals surface area contributed by atoms with Crippen LogP contribution in [0.5, 0.6) is 0 Å². The Balaban J connectivity index is 1.58. The van der Waals surface area contributed by atoms with Crippen LogP contribution in [0.1, 0.15) is 22.6 Å². The quantitative estimate of drug-likeness (QED) is 0.479. The number of nitrogens with one attached hydrogen (secondary N) is 1. The second kappa shape index (κ2) is 8.17. The molecule has 0 aliphatic carbocycles. The number of halogens is 3. The molecule has 3 heterocycles. The number of hydrogen-bond donors (Lipinski definition) is 1. The van der Waals surface area contributed by atoms with Gasteiger partial charge in [0.05, 0.1) is 41.6 Å². The van der Waals surface area contributed by atoms with Crippen LogP contribution in [0.25, 0.3) is 11.3 Å². The van der Waals surface area contributed by atoms with E-state index in [4.69, 9.17) is 0 Å². The minimum absolute atomic E-state index is 0.425. The molecule has 9 heteroatoms. The van der Waals surface area contributed by atoms with Crippen molar-refractivity contribution in [2.45, 2.75) is 26.6 Å². The molecule has 1 N–H and O–H groups in total. The summed E-state index contributed by atoms with van der Waals surface area (Å²) >= 11 is 0. The van der Waals surface area contributed by atoms with Crippen LogP contribution in [-0.4, -0.2) is 24.7 Å². The van der Waals surface area contributed by atoms with E-state index in [0.717, 1.165) is 34.8 Å².